The zero-order valence-corrected chi connectivity index (χ0v) is 10.7. The topological polar surface area (TPSA) is 71.8 Å². The summed E-state index contributed by atoms with van der Waals surface area (Å²) in [5, 5.41) is 10.8. The molecule has 0 saturated carbocycles. The number of nitrogens with zero attached hydrogens (tertiary/aromatic N) is 2. The van der Waals surface area contributed by atoms with Crippen LogP contribution in [0, 0.1) is 10.1 Å². The molecule has 19 heavy (non-hydrogen) atoms. The third-order valence-electron chi connectivity index (χ3n) is 4.20. The molecule has 1 heterocycles. The molecule has 5 heteroatoms. The molecule has 0 amide bonds. The minimum Gasteiger partial charge on any atom is -0.348 e. The number of aromatic amines is 1. The van der Waals surface area contributed by atoms with Gasteiger partial charge >= 0.3 is 0 Å². The largest absolute Gasteiger partial charge is 0.348 e. The molecular formula is C14H15N3O2. The predicted octanol–water partition coefficient (Wildman–Crippen LogP) is 2.76. The highest BCUT2D eigenvalue weighted by atomic mass is 16.6. The Morgan fingerprint density at radius 1 is 1.42 bits per heavy atom. The highest BCUT2D eigenvalue weighted by molar-refractivity contribution is 5.46. The van der Waals surface area contributed by atoms with Crippen LogP contribution < -0.4 is 0 Å². The van der Waals surface area contributed by atoms with E-state index in [-0.39, 0.29) is 16.0 Å². The quantitative estimate of drug-likeness (QED) is 0.678. The summed E-state index contributed by atoms with van der Waals surface area (Å²) in [5.41, 5.74) is 3.60. The molecule has 1 N–H and O–H groups in total. The molecule has 0 radical (unpaired) electrons. The zero-order valence-electron chi connectivity index (χ0n) is 10.7. The standard InChI is InChI=1S/C14H15N3O2/c1-2-14(13-8-15-9-16-13)6-10-3-4-12(17(18)19)5-11(10)7-14/h3-5,8-9H,2,6-7H2,1H3,(H,15,16). The first kappa shape index (κ1) is 11.9. The maximum atomic E-state index is 10.8. The van der Waals surface area contributed by atoms with Gasteiger partial charge in [0.2, 0.25) is 0 Å². The van der Waals surface area contributed by atoms with E-state index in [0.717, 1.165) is 30.5 Å². The first-order chi connectivity index (χ1) is 9.14. The summed E-state index contributed by atoms with van der Waals surface area (Å²) >= 11 is 0. The number of imidazole rings is 1. The van der Waals surface area contributed by atoms with E-state index in [2.05, 4.69) is 16.9 Å². The van der Waals surface area contributed by atoms with Crippen molar-refractivity contribution in [3.8, 4) is 0 Å². The van der Waals surface area contributed by atoms with Crippen molar-refractivity contribution in [3.63, 3.8) is 0 Å². The summed E-state index contributed by atoms with van der Waals surface area (Å²) in [7, 11) is 0. The summed E-state index contributed by atoms with van der Waals surface area (Å²) in [5.74, 6) is 0. The molecule has 3 rings (SSSR count). The number of H-pyrrole nitrogens is 1. The molecule has 1 aliphatic carbocycles. The van der Waals surface area contributed by atoms with E-state index in [1.54, 1.807) is 18.5 Å². The number of nitrogens with one attached hydrogen (secondary N) is 1. The fraction of sp³-hybridized carbons (Fsp3) is 0.357. The summed E-state index contributed by atoms with van der Waals surface area (Å²) in [6.45, 7) is 2.15. The van der Waals surface area contributed by atoms with E-state index in [4.69, 9.17) is 0 Å². The molecule has 1 atom stereocenters. The summed E-state index contributed by atoms with van der Waals surface area (Å²) < 4.78 is 0. The van der Waals surface area contributed by atoms with Crippen LogP contribution in [0.4, 0.5) is 5.69 Å². The van der Waals surface area contributed by atoms with Crippen LogP contribution >= 0.6 is 0 Å². The van der Waals surface area contributed by atoms with E-state index in [1.165, 1.54) is 5.56 Å². The summed E-state index contributed by atoms with van der Waals surface area (Å²) in [6, 6.07) is 5.20. The second-order valence-electron chi connectivity index (χ2n) is 5.16. The van der Waals surface area contributed by atoms with E-state index in [0.29, 0.717) is 0 Å². The Morgan fingerprint density at radius 3 is 2.84 bits per heavy atom. The molecule has 98 valence electrons. The number of rotatable bonds is 3. The minimum absolute atomic E-state index is 0.00799. The molecule has 1 aromatic heterocycles. The molecule has 1 unspecified atom stereocenters. The predicted molar refractivity (Wildman–Crippen MR) is 71.1 cm³/mol. The molecule has 0 saturated heterocycles. The van der Waals surface area contributed by atoms with Gasteiger partial charge in [0.05, 0.1) is 11.3 Å². The van der Waals surface area contributed by atoms with Crippen molar-refractivity contribution in [3.05, 3.63) is 57.7 Å². The van der Waals surface area contributed by atoms with Gasteiger partial charge in [0.25, 0.3) is 5.69 Å². The van der Waals surface area contributed by atoms with Gasteiger partial charge in [0.1, 0.15) is 0 Å². The van der Waals surface area contributed by atoms with Crippen LogP contribution in [0.2, 0.25) is 0 Å². The Kier molecular flexibility index (Phi) is 2.62. The Morgan fingerprint density at radius 2 is 2.21 bits per heavy atom. The number of nitro benzene ring substituents is 1. The van der Waals surface area contributed by atoms with Gasteiger partial charge < -0.3 is 4.98 Å². The molecule has 5 nitrogen and oxygen atoms in total. The Bertz CT molecular complexity index is 622. The van der Waals surface area contributed by atoms with Crippen molar-refractivity contribution in [2.45, 2.75) is 31.6 Å². The fourth-order valence-corrected chi connectivity index (χ4v) is 3.03. The lowest BCUT2D eigenvalue weighted by atomic mass is 9.79. The lowest BCUT2D eigenvalue weighted by Gasteiger charge is -2.25. The second-order valence-corrected chi connectivity index (χ2v) is 5.16. The molecule has 0 bridgehead atoms. The summed E-state index contributed by atoms with van der Waals surface area (Å²) in [6.07, 6.45) is 6.29. The minimum atomic E-state index is -0.331. The Labute approximate surface area is 110 Å². The Balaban J connectivity index is 2.01. The van der Waals surface area contributed by atoms with Gasteiger partial charge in [0, 0.05) is 29.4 Å². The van der Waals surface area contributed by atoms with E-state index < -0.39 is 0 Å². The molecular weight excluding hydrogens is 242 g/mol. The lowest BCUT2D eigenvalue weighted by Crippen LogP contribution is -2.26. The highest BCUT2D eigenvalue weighted by Crippen LogP contribution is 2.42. The molecule has 0 aliphatic heterocycles. The number of nitro groups is 1. The number of hydrogen-bond acceptors (Lipinski definition) is 3. The van der Waals surface area contributed by atoms with Gasteiger partial charge in [0.15, 0.2) is 0 Å². The average molecular weight is 257 g/mol. The average Bonchev–Trinajstić information content (AvgIpc) is 3.05. The highest BCUT2D eigenvalue weighted by Gasteiger charge is 2.39. The van der Waals surface area contributed by atoms with Gasteiger partial charge in [-0.2, -0.15) is 0 Å². The van der Waals surface area contributed by atoms with Gasteiger partial charge in [-0.05, 0) is 30.4 Å². The van der Waals surface area contributed by atoms with Crippen molar-refractivity contribution in [1.82, 2.24) is 9.97 Å². The Hall–Kier alpha value is -2.17. The SMILES string of the molecule is CCC1(c2cnc[nH]2)Cc2ccc([N+](=O)[O-])cc2C1. The lowest BCUT2D eigenvalue weighted by molar-refractivity contribution is -0.384. The fourth-order valence-electron chi connectivity index (χ4n) is 3.03. The van der Waals surface area contributed by atoms with Crippen LogP contribution in [-0.4, -0.2) is 14.9 Å². The van der Waals surface area contributed by atoms with Crippen molar-refractivity contribution < 1.29 is 4.92 Å². The third-order valence-corrected chi connectivity index (χ3v) is 4.20. The molecule has 1 aromatic carbocycles. The molecule has 0 fully saturated rings. The maximum Gasteiger partial charge on any atom is 0.269 e. The maximum absolute atomic E-state index is 10.8. The van der Waals surface area contributed by atoms with E-state index in [1.807, 2.05) is 12.3 Å². The number of hydrogen-bond donors (Lipinski definition) is 1. The molecule has 1 aliphatic rings. The number of benzene rings is 1. The number of aromatic nitrogens is 2. The van der Waals surface area contributed by atoms with E-state index >= 15 is 0 Å². The van der Waals surface area contributed by atoms with Crippen LogP contribution in [0.15, 0.2) is 30.7 Å². The first-order valence-electron chi connectivity index (χ1n) is 6.40. The van der Waals surface area contributed by atoms with Gasteiger partial charge in [-0.3, -0.25) is 10.1 Å². The second kappa shape index (κ2) is 4.19. The van der Waals surface area contributed by atoms with Gasteiger partial charge in [-0.15, -0.1) is 0 Å². The van der Waals surface area contributed by atoms with Crippen LogP contribution in [0.3, 0.4) is 0 Å². The van der Waals surface area contributed by atoms with Crippen molar-refractivity contribution in [2.24, 2.45) is 0 Å². The van der Waals surface area contributed by atoms with Crippen molar-refractivity contribution in [1.29, 1.82) is 0 Å². The van der Waals surface area contributed by atoms with Crippen LogP contribution in [0.1, 0.15) is 30.2 Å². The van der Waals surface area contributed by atoms with E-state index in [9.17, 15) is 10.1 Å². The number of non-ortho nitro benzene ring substituents is 1. The van der Waals surface area contributed by atoms with Crippen molar-refractivity contribution in [2.75, 3.05) is 0 Å². The van der Waals surface area contributed by atoms with Crippen LogP contribution in [0.5, 0.6) is 0 Å². The normalized spacial score (nSPS) is 21.3. The van der Waals surface area contributed by atoms with Crippen molar-refractivity contribution >= 4 is 5.69 Å². The molecule has 0 spiro atoms. The van der Waals surface area contributed by atoms with Gasteiger partial charge in [-0.25, -0.2) is 4.98 Å². The van der Waals surface area contributed by atoms with Crippen LogP contribution in [0.25, 0.3) is 0 Å². The third kappa shape index (κ3) is 1.82. The van der Waals surface area contributed by atoms with Crippen LogP contribution in [-0.2, 0) is 18.3 Å². The monoisotopic (exact) mass is 257 g/mol. The smallest absolute Gasteiger partial charge is 0.269 e. The van der Waals surface area contributed by atoms with Gasteiger partial charge in [-0.1, -0.05) is 13.0 Å². The molecule has 2 aromatic rings. The number of fused-ring (bicyclic) bond motifs is 1. The first-order valence-corrected chi connectivity index (χ1v) is 6.40. The zero-order chi connectivity index (χ0) is 13.5. The summed E-state index contributed by atoms with van der Waals surface area (Å²) in [4.78, 5) is 17.8.